The van der Waals surface area contributed by atoms with Crippen LogP contribution in [0.3, 0.4) is 0 Å². The highest BCUT2D eigenvalue weighted by atomic mass is 16.5. The van der Waals surface area contributed by atoms with E-state index in [0.717, 1.165) is 4.90 Å². The highest BCUT2D eigenvalue weighted by Gasteiger charge is 2.37. The first kappa shape index (κ1) is 22.5. The van der Waals surface area contributed by atoms with Crippen molar-refractivity contribution in [2.45, 2.75) is 13.5 Å². The van der Waals surface area contributed by atoms with Crippen molar-refractivity contribution in [1.29, 1.82) is 0 Å². The lowest BCUT2D eigenvalue weighted by Gasteiger charge is -2.27. The molecule has 1 fully saturated rings. The minimum absolute atomic E-state index is 0.0786. The number of urea groups is 1. The second-order valence-electron chi connectivity index (χ2n) is 7.58. The molecule has 1 aliphatic rings. The fourth-order valence-electron chi connectivity index (χ4n) is 3.53. The molecule has 0 bridgehead atoms. The Bertz CT molecular complexity index is 1340. The molecule has 0 aliphatic carbocycles. The Kier molecular flexibility index (Phi) is 6.22. The summed E-state index contributed by atoms with van der Waals surface area (Å²) in [6, 6.07) is 19.2. The average Bonchev–Trinajstić information content (AvgIpc) is 2.82. The summed E-state index contributed by atoms with van der Waals surface area (Å²) in [7, 11) is 0. The molecular formula is C26H20N2O6. The third-order valence-corrected chi connectivity index (χ3v) is 5.25. The minimum Gasteiger partial charge on any atom is -0.488 e. The molecule has 8 nitrogen and oxygen atoms in total. The summed E-state index contributed by atoms with van der Waals surface area (Å²) in [6.45, 7) is 1.84. The van der Waals surface area contributed by atoms with Crippen LogP contribution in [-0.2, 0) is 16.2 Å². The van der Waals surface area contributed by atoms with Gasteiger partial charge in [0, 0.05) is 5.56 Å². The number of amides is 4. The first-order chi connectivity index (χ1) is 16.3. The topological polar surface area (TPSA) is 113 Å². The van der Waals surface area contributed by atoms with Crippen molar-refractivity contribution < 1.29 is 29.0 Å². The number of nitrogens with zero attached hydrogens (tertiary/aromatic N) is 1. The molecule has 1 heterocycles. The van der Waals surface area contributed by atoms with Gasteiger partial charge < -0.3 is 9.84 Å². The Morgan fingerprint density at radius 2 is 1.74 bits per heavy atom. The maximum Gasteiger partial charge on any atom is 0.335 e. The number of carbonyl (C=O) groups excluding carboxylic acids is 3. The van der Waals surface area contributed by atoms with Crippen molar-refractivity contribution >= 4 is 35.6 Å². The molecular weight excluding hydrogens is 436 g/mol. The summed E-state index contributed by atoms with van der Waals surface area (Å²) in [4.78, 5) is 50.3. The van der Waals surface area contributed by atoms with Gasteiger partial charge in [0.15, 0.2) is 0 Å². The smallest absolute Gasteiger partial charge is 0.335 e. The highest BCUT2D eigenvalue weighted by molar-refractivity contribution is 6.39. The highest BCUT2D eigenvalue weighted by Crippen LogP contribution is 2.27. The Hall–Kier alpha value is -4.72. The summed E-state index contributed by atoms with van der Waals surface area (Å²) in [6.07, 6.45) is 1.37. The molecule has 2 N–H and O–H groups in total. The molecule has 8 heteroatoms. The lowest BCUT2D eigenvalue weighted by Crippen LogP contribution is -2.54. The van der Waals surface area contributed by atoms with Crippen LogP contribution >= 0.6 is 0 Å². The molecule has 1 saturated heterocycles. The van der Waals surface area contributed by atoms with Crippen molar-refractivity contribution in [3.05, 3.63) is 101 Å². The number of carboxylic acid groups (broad SMARTS) is 1. The molecule has 0 saturated carbocycles. The van der Waals surface area contributed by atoms with Crippen LogP contribution in [0.25, 0.3) is 6.08 Å². The maximum absolute atomic E-state index is 13.2. The van der Waals surface area contributed by atoms with Crippen molar-refractivity contribution in [3.63, 3.8) is 0 Å². The molecule has 4 amide bonds. The van der Waals surface area contributed by atoms with Crippen LogP contribution in [0.15, 0.2) is 78.4 Å². The van der Waals surface area contributed by atoms with Gasteiger partial charge in [-0.25, -0.2) is 14.5 Å². The molecule has 0 unspecified atom stereocenters. The number of imide groups is 2. The number of ether oxygens (including phenoxy) is 1. The SMILES string of the molecule is Cc1ccccc1N1C(=O)NC(=O)/C(=C\c2ccccc2OCc2cccc(C(=O)O)c2)C1=O. The van der Waals surface area contributed by atoms with Crippen LogP contribution in [0.4, 0.5) is 10.5 Å². The number of nitrogens with one attached hydrogen (secondary N) is 1. The quantitative estimate of drug-likeness (QED) is 0.429. The minimum atomic E-state index is -1.04. The van der Waals surface area contributed by atoms with E-state index in [9.17, 15) is 19.2 Å². The van der Waals surface area contributed by atoms with E-state index in [4.69, 9.17) is 9.84 Å². The second kappa shape index (κ2) is 9.41. The van der Waals surface area contributed by atoms with Crippen molar-refractivity contribution in [2.24, 2.45) is 0 Å². The summed E-state index contributed by atoms with van der Waals surface area (Å²) < 4.78 is 5.86. The van der Waals surface area contributed by atoms with Gasteiger partial charge in [-0.05, 0) is 48.4 Å². The number of benzene rings is 3. The number of aryl methyl sites for hydroxylation is 1. The molecule has 0 spiro atoms. The Morgan fingerprint density at radius 3 is 2.50 bits per heavy atom. The molecule has 170 valence electrons. The van der Waals surface area contributed by atoms with Crippen molar-refractivity contribution in [1.82, 2.24) is 5.32 Å². The first-order valence-corrected chi connectivity index (χ1v) is 10.4. The number of para-hydroxylation sites is 2. The van der Waals surface area contributed by atoms with E-state index in [0.29, 0.717) is 28.1 Å². The monoisotopic (exact) mass is 456 g/mol. The summed E-state index contributed by atoms with van der Waals surface area (Å²) in [5.74, 6) is -2.20. The predicted molar refractivity (Wildman–Crippen MR) is 124 cm³/mol. The Balaban J connectivity index is 1.63. The second-order valence-corrected chi connectivity index (χ2v) is 7.58. The van der Waals surface area contributed by atoms with Gasteiger partial charge in [0.2, 0.25) is 0 Å². The average molecular weight is 456 g/mol. The van der Waals surface area contributed by atoms with Gasteiger partial charge in [0.05, 0.1) is 11.3 Å². The molecule has 34 heavy (non-hydrogen) atoms. The molecule has 4 rings (SSSR count). The van der Waals surface area contributed by atoms with Crippen LogP contribution in [0.2, 0.25) is 0 Å². The normalized spacial score (nSPS) is 14.8. The molecule has 0 radical (unpaired) electrons. The van der Waals surface area contributed by atoms with E-state index >= 15 is 0 Å². The van der Waals surface area contributed by atoms with Gasteiger partial charge in [0.1, 0.15) is 17.9 Å². The summed E-state index contributed by atoms with van der Waals surface area (Å²) in [5.41, 5.74) is 2.10. The molecule has 1 aliphatic heterocycles. The van der Waals surface area contributed by atoms with Crippen molar-refractivity contribution in [3.8, 4) is 5.75 Å². The fraction of sp³-hybridized carbons (Fsp3) is 0.0769. The Morgan fingerprint density at radius 1 is 1.00 bits per heavy atom. The van der Waals surface area contributed by atoms with E-state index in [-0.39, 0.29) is 17.7 Å². The maximum atomic E-state index is 13.2. The molecule has 3 aromatic rings. The third kappa shape index (κ3) is 4.56. The van der Waals surface area contributed by atoms with E-state index in [2.05, 4.69) is 5.32 Å². The van der Waals surface area contributed by atoms with Gasteiger partial charge in [-0.3, -0.25) is 14.9 Å². The lowest BCUT2D eigenvalue weighted by molar-refractivity contribution is -0.122. The number of anilines is 1. The molecule has 3 aromatic carbocycles. The zero-order valence-corrected chi connectivity index (χ0v) is 18.1. The van der Waals surface area contributed by atoms with Gasteiger partial charge in [-0.2, -0.15) is 0 Å². The number of carbonyl (C=O) groups is 4. The fourth-order valence-corrected chi connectivity index (χ4v) is 3.53. The summed E-state index contributed by atoms with van der Waals surface area (Å²) in [5, 5.41) is 11.4. The van der Waals surface area contributed by atoms with Crippen LogP contribution in [0.5, 0.6) is 5.75 Å². The first-order valence-electron chi connectivity index (χ1n) is 10.4. The standard InChI is InChI=1S/C26H20N2O6/c1-16-7-2-4-11-21(16)28-24(30)20(23(29)27-26(28)33)14-18-9-3-5-12-22(18)34-15-17-8-6-10-19(13-17)25(31)32/h2-14H,15H2,1H3,(H,31,32)(H,27,29,33)/b20-14+. The Labute approximate surface area is 195 Å². The molecule has 0 aromatic heterocycles. The number of rotatable bonds is 6. The zero-order valence-electron chi connectivity index (χ0n) is 18.1. The summed E-state index contributed by atoms with van der Waals surface area (Å²) >= 11 is 0. The van der Waals surface area contributed by atoms with Gasteiger partial charge in [-0.15, -0.1) is 0 Å². The number of aromatic carboxylic acids is 1. The molecule has 0 atom stereocenters. The van der Waals surface area contributed by atoms with Crippen LogP contribution in [-0.4, -0.2) is 28.9 Å². The van der Waals surface area contributed by atoms with Crippen molar-refractivity contribution in [2.75, 3.05) is 4.90 Å². The van der Waals surface area contributed by atoms with Crippen LogP contribution in [0, 0.1) is 6.92 Å². The van der Waals surface area contributed by atoms with Crippen LogP contribution in [0.1, 0.15) is 27.0 Å². The van der Waals surface area contributed by atoms with Gasteiger partial charge >= 0.3 is 12.0 Å². The number of carboxylic acids is 1. The largest absolute Gasteiger partial charge is 0.488 e. The third-order valence-electron chi connectivity index (χ3n) is 5.25. The lowest BCUT2D eigenvalue weighted by atomic mass is 10.0. The number of hydrogen-bond donors (Lipinski definition) is 2. The van der Waals surface area contributed by atoms with E-state index in [1.165, 1.54) is 18.2 Å². The van der Waals surface area contributed by atoms with E-state index < -0.39 is 23.8 Å². The zero-order chi connectivity index (χ0) is 24.2. The van der Waals surface area contributed by atoms with E-state index in [1.54, 1.807) is 67.6 Å². The number of barbiturate groups is 1. The van der Waals surface area contributed by atoms with Gasteiger partial charge in [-0.1, -0.05) is 48.5 Å². The van der Waals surface area contributed by atoms with E-state index in [1.807, 2.05) is 0 Å². The predicted octanol–water partition coefficient (Wildman–Crippen LogP) is 3.94. The number of hydrogen-bond acceptors (Lipinski definition) is 5. The van der Waals surface area contributed by atoms with Crippen LogP contribution < -0.4 is 15.0 Å². The van der Waals surface area contributed by atoms with Gasteiger partial charge in [0.25, 0.3) is 11.8 Å².